The Hall–Kier alpha value is -0.770. The molecule has 0 bridgehead atoms. The van der Waals surface area contributed by atoms with E-state index >= 15 is 0 Å². The van der Waals surface area contributed by atoms with Crippen molar-refractivity contribution in [2.45, 2.75) is 13.0 Å². The standard InChI is InChI=1S/C13H17Cl2N3/c1-3-18-8-7-17-13(18)12(16-2)9-5-4-6-10(14)11(9)15/h4-6,12,16H,3,7-8H2,1-2H3. The number of benzene rings is 1. The van der Waals surface area contributed by atoms with Gasteiger partial charge in [-0.2, -0.15) is 0 Å². The normalized spacial score (nSPS) is 16.9. The summed E-state index contributed by atoms with van der Waals surface area (Å²) in [6, 6.07) is 5.70. The predicted molar refractivity (Wildman–Crippen MR) is 77.8 cm³/mol. The van der Waals surface area contributed by atoms with E-state index in [1.807, 2.05) is 19.2 Å². The van der Waals surface area contributed by atoms with Crippen LogP contribution in [0.2, 0.25) is 10.0 Å². The van der Waals surface area contributed by atoms with Crippen LogP contribution in [0.15, 0.2) is 23.2 Å². The number of halogens is 2. The molecular formula is C13H17Cl2N3. The second-order valence-corrected chi connectivity index (χ2v) is 4.97. The molecule has 1 aromatic carbocycles. The number of aliphatic imine (C=N–C) groups is 1. The molecule has 18 heavy (non-hydrogen) atoms. The molecule has 0 spiro atoms. The Morgan fingerprint density at radius 1 is 1.44 bits per heavy atom. The van der Waals surface area contributed by atoms with Crippen molar-refractivity contribution >= 4 is 29.0 Å². The molecule has 0 saturated heterocycles. The largest absolute Gasteiger partial charge is 0.357 e. The summed E-state index contributed by atoms with van der Waals surface area (Å²) in [6.07, 6.45) is 0. The SMILES string of the molecule is CCN1CCN=C1C(NC)c1cccc(Cl)c1Cl. The van der Waals surface area contributed by atoms with Crippen LogP contribution >= 0.6 is 23.2 Å². The average molecular weight is 286 g/mol. The van der Waals surface area contributed by atoms with E-state index in [0.29, 0.717) is 10.0 Å². The number of nitrogens with one attached hydrogen (secondary N) is 1. The Morgan fingerprint density at radius 3 is 2.89 bits per heavy atom. The number of nitrogens with zero attached hydrogens (tertiary/aromatic N) is 2. The Balaban J connectivity index is 2.37. The quantitative estimate of drug-likeness (QED) is 0.921. The zero-order valence-corrected chi connectivity index (χ0v) is 12.1. The van der Waals surface area contributed by atoms with E-state index in [0.717, 1.165) is 31.0 Å². The van der Waals surface area contributed by atoms with Crippen molar-refractivity contribution in [3.63, 3.8) is 0 Å². The van der Waals surface area contributed by atoms with E-state index in [9.17, 15) is 0 Å². The summed E-state index contributed by atoms with van der Waals surface area (Å²) < 4.78 is 0. The van der Waals surface area contributed by atoms with E-state index in [-0.39, 0.29) is 6.04 Å². The van der Waals surface area contributed by atoms with Crippen LogP contribution in [-0.4, -0.2) is 37.4 Å². The third-order valence-corrected chi connectivity index (χ3v) is 4.02. The molecule has 0 radical (unpaired) electrons. The maximum Gasteiger partial charge on any atom is 0.121 e. The monoisotopic (exact) mass is 285 g/mol. The van der Waals surface area contributed by atoms with Gasteiger partial charge in [-0.1, -0.05) is 35.3 Å². The summed E-state index contributed by atoms with van der Waals surface area (Å²) in [5.41, 5.74) is 0.978. The molecule has 0 aromatic heterocycles. The molecule has 1 aliphatic rings. The van der Waals surface area contributed by atoms with Crippen molar-refractivity contribution in [1.82, 2.24) is 10.2 Å². The van der Waals surface area contributed by atoms with E-state index in [4.69, 9.17) is 23.2 Å². The molecule has 3 nitrogen and oxygen atoms in total. The highest BCUT2D eigenvalue weighted by Gasteiger charge is 2.26. The Labute approximate surface area is 118 Å². The summed E-state index contributed by atoms with van der Waals surface area (Å²) in [5, 5.41) is 4.46. The van der Waals surface area contributed by atoms with E-state index in [1.54, 1.807) is 6.07 Å². The zero-order chi connectivity index (χ0) is 13.1. The number of hydrogen-bond donors (Lipinski definition) is 1. The molecule has 5 heteroatoms. The van der Waals surface area contributed by atoms with Crippen molar-refractivity contribution in [3.05, 3.63) is 33.8 Å². The molecule has 1 aliphatic heterocycles. The summed E-state index contributed by atoms with van der Waals surface area (Å²) in [5.74, 6) is 1.05. The van der Waals surface area contributed by atoms with Gasteiger partial charge in [0.25, 0.3) is 0 Å². The molecule has 0 aliphatic carbocycles. The minimum Gasteiger partial charge on any atom is -0.357 e. The summed E-state index contributed by atoms with van der Waals surface area (Å²) in [7, 11) is 1.91. The summed E-state index contributed by atoms with van der Waals surface area (Å²) >= 11 is 12.4. The van der Waals surface area contributed by atoms with Gasteiger partial charge in [0, 0.05) is 13.1 Å². The first-order chi connectivity index (χ1) is 8.69. The zero-order valence-electron chi connectivity index (χ0n) is 10.6. The Kier molecular flexibility index (Phi) is 4.49. The molecule has 0 fully saturated rings. The van der Waals surface area contributed by atoms with Crippen molar-refractivity contribution in [2.24, 2.45) is 4.99 Å². The molecule has 1 aromatic rings. The molecule has 1 heterocycles. The van der Waals surface area contributed by atoms with E-state index < -0.39 is 0 Å². The number of rotatable bonds is 4. The van der Waals surface area contributed by atoms with Crippen molar-refractivity contribution in [2.75, 3.05) is 26.7 Å². The fraction of sp³-hybridized carbons (Fsp3) is 0.462. The van der Waals surface area contributed by atoms with Gasteiger partial charge in [-0.3, -0.25) is 4.99 Å². The van der Waals surface area contributed by atoms with Crippen LogP contribution in [-0.2, 0) is 0 Å². The topological polar surface area (TPSA) is 27.6 Å². The second kappa shape index (κ2) is 5.91. The minimum atomic E-state index is -0.00125. The average Bonchev–Trinajstić information content (AvgIpc) is 2.83. The van der Waals surface area contributed by atoms with Gasteiger partial charge < -0.3 is 10.2 Å². The lowest BCUT2D eigenvalue weighted by atomic mass is 10.1. The third kappa shape index (κ3) is 2.48. The lowest BCUT2D eigenvalue weighted by Crippen LogP contribution is -2.37. The van der Waals surface area contributed by atoms with Crippen LogP contribution in [0, 0.1) is 0 Å². The van der Waals surface area contributed by atoms with E-state index in [2.05, 4.69) is 22.1 Å². The summed E-state index contributed by atoms with van der Waals surface area (Å²) in [6.45, 7) is 4.91. The molecule has 1 atom stereocenters. The number of likely N-dealkylation sites (N-methyl/N-ethyl adjacent to an activating group) is 2. The second-order valence-electron chi connectivity index (χ2n) is 4.18. The first-order valence-corrected chi connectivity index (χ1v) is 6.85. The molecular weight excluding hydrogens is 269 g/mol. The van der Waals surface area contributed by atoms with Crippen LogP contribution in [0.25, 0.3) is 0 Å². The molecule has 98 valence electrons. The molecule has 0 saturated carbocycles. The fourth-order valence-corrected chi connectivity index (χ4v) is 2.68. The predicted octanol–water partition coefficient (Wildman–Crippen LogP) is 2.99. The smallest absolute Gasteiger partial charge is 0.121 e. The molecule has 1 N–H and O–H groups in total. The van der Waals surface area contributed by atoms with Gasteiger partial charge in [-0.15, -0.1) is 0 Å². The fourth-order valence-electron chi connectivity index (χ4n) is 2.26. The van der Waals surface area contributed by atoms with Gasteiger partial charge in [-0.25, -0.2) is 0 Å². The highest BCUT2D eigenvalue weighted by molar-refractivity contribution is 6.42. The lowest BCUT2D eigenvalue weighted by Gasteiger charge is -2.26. The van der Waals surface area contributed by atoms with Crippen molar-refractivity contribution in [1.29, 1.82) is 0 Å². The van der Waals surface area contributed by atoms with Gasteiger partial charge >= 0.3 is 0 Å². The van der Waals surface area contributed by atoms with Crippen LogP contribution in [0.1, 0.15) is 18.5 Å². The van der Waals surface area contributed by atoms with Crippen molar-refractivity contribution < 1.29 is 0 Å². The van der Waals surface area contributed by atoms with Crippen LogP contribution in [0.3, 0.4) is 0 Å². The Morgan fingerprint density at radius 2 is 2.22 bits per heavy atom. The maximum atomic E-state index is 6.29. The third-order valence-electron chi connectivity index (χ3n) is 3.19. The van der Waals surface area contributed by atoms with Gasteiger partial charge in [0.05, 0.1) is 22.6 Å². The maximum absolute atomic E-state index is 6.29. The van der Waals surface area contributed by atoms with Crippen LogP contribution in [0.4, 0.5) is 0 Å². The summed E-state index contributed by atoms with van der Waals surface area (Å²) in [4.78, 5) is 6.85. The number of hydrogen-bond acceptors (Lipinski definition) is 3. The van der Waals surface area contributed by atoms with Crippen LogP contribution in [0.5, 0.6) is 0 Å². The molecule has 0 amide bonds. The van der Waals surface area contributed by atoms with Gasteiger partial charge in [-0.05, 0) is 25.6 Å². The first kappa shape index (κ1) is 13.7. The Bertz CT molecular complexity index is 460. The molecule has 1 unspecified atom stereocenters. The van der Waals surface area contributed by atoms with Gasteiger partial charge in [0.1, 0.15) is 5.84 Å². The molecule has 2 rings (SSSR count). The highest BCUT2D eigenvalue weighted by atomic mass is 35.5. The number of amidine groups is 1. The highest BCUT2D eigenvalue weighted by Crippen LogP contribution is 2.31. The van der Waals surface area contributed by atoms with E-state index in [1.165, 1.54) is 0 Å². The first-order valence-electron chi connectivity index (χ1n) is 6.09. The van der Waals surface area contributed by atoms with Crippen LogP contribution < -0.4 is 5.32 Å². The minimum absolute atomic E-state index is 0.00125. The van der Waals surface area contributed by atoms with Gasteiger partial charge in [0.2, 0.25) is 0 Å². The lowest BCUT2D eigenvalue weighted by molar-refractivity contribution is 0.460. The van der Waals surface area contributed by atoms with Gasteiger partial charge in [0.15, 0.2) is 0 Å². The van der Waals surface area contributed by atoms with Crippen molar-refractivity contribution in [3.8, 4) is 0 Å².